The first-order valence-electron chi connectivity index (χ1n) is 8.94. The van der Waals surface area contributed by atoms with Gasteiger partial charge in [-0.1, -0.05) is 31.4 Å². The quantitative estimate of drug-likeness (QED) is 0.845. The fourth-order valence-electron chi connectivity index (χ4n) is 3.47. The second kappa shape index (κ2) is 8.01. The fourth-order valence-corrected chi connectivity index (χ4v) is 3.47. The number of amides is 1. The number of carbonyl (C=O) groups excluding carboxylic acids is 1. The minimum Gasteiger partial charge on any atom is -0.380 e. The van der Waals surface area contributed by atoms with Gasteiger partial charge >= 0.3 is 0 Å². The maximum Gasteiger partial charge on any atom is 0.252 e. The number of nitrogens with one attached hydrogen (secondary N) is 1. The molecule has 5 heteroatoms. The summed E-state index contributed by atoms with van der Waals surface area (Å²) in [7, 11) is 2.19. The van der Waals surface area contributed by atoms with E-state index in [9.17, 15) is 4.79 Å². The number of primary amides is 1. The highest BCUT2D eigenvalue weighted by Gasteiger charge is 2.18. The van der Waals surface area contributed by atoms with E-state index in [0.717, 1.165) is 5.56 Å². The highest BCUT2D eigenvalue weighted by atomic mass is 16.1. The number of nitrogens with zero attached hydrogens (tertiary/aromatic N) is 2. The van der Waals surface area contributed by atoms with Crippen LogP contribution in [0.25, 0.3) is 0 Å². The van der Waals surface area contributed by atoms with Crippen LogP contribution in [0.15, 0.2) is 42.7 Å². The minimum absolute atomic E-state index is 0.413. The van der Waals surface area contributed by atoms with Gasteiger partial charge in [-0.25, -0.2) is 0 Å². The van der Waals surface area contributed by atoms with Crippen LogP contribution in [0.3, 0.4) is 0 Å². The molecule has 1 aromatic heterocycles. The summed E-state index contributed by atoms with van der Waals surface area (Å²) in [6.07, 6.45) is 9.77. The number of hydrogen-bond acceptors (Lipinski definition) is 4. The molecule has 0 saturated heterocycles. The van der Waals surface area contributed by atoms with Crippen molar-refractivity contribution >= 4 is 17.3 Å². The SMILES string of the molecule is CN(c1ccc(CNc2ccncc2C(N)=O)cc1)C1CCCCC1. The van der Waals surface area contributed by atoms with Gasteiger partial charge in [-0.2, -0.15) is 0 Å². The van der Waals surface area contributed by atoms with Crippen molar-refractivity contribution in [3.05, 3.63) is 53.9 Å². The Morgan fingerprint density at radius 2 is 1.92 bits per heavy atom. The monoisotopic (exact) mass is 338 g/mol. The largest absolute Gasteiger partial charge is 0.380 e. The van der Waals surface area contributed by atoms with Gasteiger partial charge in [0, 0.05) is 37.7 Å². The lowest BCUT2D eigenvalue weighted by Crippen LogP contribution is -2.33. The third-order valence-corrected chi connectivity index (χ3v) is 5.04. The molecule has 2 aromatic rings. The lowest BCUT2D eigenvalue weighted by atomic mass is 9.94. The molecule has 0 atom stereocenters. The van der Waals surface area contributed by atoms with Crippen molar-refractivity contribution in [2.24, 2.45) is 5.73 Å². The van der Waals surface area contributed by atoms with E-state index < -0.39 is 5.91 Å². The van der Waals surface area contributed by atoms with Crippen molar-refractivity contribution in [3.8, 4) is 0 Å². The Kier molecular flexibility index (Phi) is 5.53. The van der Waals surface area contributed by atoms with Crippen molar-refractivity contribution in [1.29, 1.82) is 0 Å². The van der Waals surface area contributed by atoms with Gasteiger partial charge in [0.2, 0.25) is 0 Å². The molecule has 0 radical (unpaired) electrons. The van der Waals surface area contributed by atoms with Gasteiger partial charge in [-0.3, -0.25) is 9.78 Å². The average Bonchev–Trinajstić information content (AvgIpc) is 2.67. The molecule has 1 aromatic carbocycles. The molecule has 0 aliphatic heterocycles. The van der Waals surface area contributed by atoms with Crippen LogP contribution < -0.4 is 16.0 Å². The van der Waals surface area contributed by atoms with Crippen molar-refractivity contribution in [1.82, 2.24) is 4.98 Å². The van der Waals surface area contributed by atoms with Gasteiger partial charge < -0.3 is 16.0 Å². The zero-order valence-corrected chi connectivity index (χ0v) is 14.7. The highest BCUT2D eigenvalue weighted by molar-refractivity contribution is 5.98. The maximum atomic E-state index is 11.4. The number of aromatic nitrogens is 1. The molecule has 5 nitrogen and oxygen atoms in total. The second-order valence-corrected chi connectivity index (χ2v) is 6.71. The summed E-state index contributed by atoms with van der Waals surface area (Å²) in [5.41, 5.74) is 8.93. The lowest BCUT2D eigenvalue weighted by molar-refractivity contribution is 0.100. The van der Waals surface area contributed by atoms with Crippen molar-refractivity contribution in [2.45, 2.75) is 44.7 Å². The normalized spacial score (nSPS) is 14.9. The van der Waals surface area contributed by atoms with E-state index in [1.165, 1.54) is 44.0 Å². The highest BCUT2D eigenvalue weighted by Crippen LogP contribution is 2.26. The smallest absolute Gasteiger partial charge is 0.252 e. The van der Waals surface area contributed by atoms with Crippen LogP contribution in [0.1, 0.15) is 48.0 Å². The van der Waals surface area contributed by atoms with Gasteiger partial charge in [0.05, 0.1) is 11.3 Å². The Hall–Kier alpha value is -2.56. The van der Waals surface area contributed by atoms with Crippen LogP contribution >= 0.6 is 0 Å². The van der Waals surface area contributed by atoms with Crippen molar-refractivity contribution in [3.63, 3.8) is 0 Å². The average molecular weight is 338 g/mol. The van der Waals surface area contributed by atoms with E-state index in [2.05, 4.69) is 46.5 Å². The predicted octanol–water partition coefficient (Wildman–Crippen LogP) is 3.56. The summed E-state index contributed by atoms with van der Waals surface area (Å²) in [5, 5.41) is 3.27. The Morgan fingerprint density at radius 1 is 1.20 bits per heavy atom. The molecule has 0 bridgehead atoms. The number of pyridine rings is 1. The standard InChI is InChI=1S/C20H26N4O/c1-24(16-5-3-2-4-6-16)17-9-7-15(8-10-17)13-23-19-11-12-22-14-18(19)20(21)25/h7-12,14,16H,2-6,13H2,1H3,(H2,21,25)(H,22,23). The van der Waals surface area contributed by atoms with Crippen molar-refractivity contribution < 1.29 is 4.79 Å². The third-order valence-electron chi connectivity index (χ3n) is 5.04. The summed E-state index contributed by atoms with van der Waals surface area (Å²) in [5.74, 6) is -0.472. The van der Waals surface area contributed by atoms with Crippen LogP contribution in [-0.2, 0) is 6.54 Å². The molecule has 1 aliphatic carbocycles. The fraction of sp³-hybridized carbons (Fsp3) is 0.400. The van der Waals surface area contributed by atoms with E-state index in [-0.39, 0.29) is 0 Å². The van der Waals surface area contributed by atoms with Crippen LogP contribution in [-0.4, -0.2) is 24.0 Å². The van der Waals surface area contributed by atoms with Gasteiger partial charge in [0.25, 0.3) is 5.91 Å². The summed E-state index contributed by atoms with van der Waals surface area (Å²) in [4.78, 5) is 17.8. The lowest BCUT2D eigenvalue weighted by Gasteiger charge is -2.33. The molecule has 0 spiro atoms. The van der Waals surface area contributed by atoms with Crippen LogP contribution in [0, 0.1) is 0 Å². The minimum atomic E-state index is -0.472. The van der Waals surface area contributed by atoms with E-state index >= 15 is 0 Å². The van der Waals surface area contributed by atoms with Gasteiger partial charge in [0.15, 0.2) is 0 Å². The second-order valence-electron chi connectivity index (χ2n) is 6.71. The Morgan fingerprint density at radius 3 is 2.60 bits per heavy atom. The number of hydrogen-bond donors (Lipinski definition) is 2. The Labute approximate surface area is 149 Å². The summed E-state index contributed by atoms with van der Waals surface area (Å²) in [6, 6.07) is 11.0. The first kappa shape index (κ1) is 17.3. The predicted molar refractivity (Wildman–Crippen MR) is 102 cm³/mol. The summed E-state index contributed by atoms with van der Waals surface area (Å²) < 4.78 is 0. The summed E-state index contributed by atoms with van der Waals surface area (Å²) >= 11 is 0. The van der Waals surface area contributed by atoms with E-state index in [0.29, 0.717) is 23.8 Å². The van der Waals surface area contributed by atoms with E-state index in [1.807, 2.05) is 0 Å². The molecule has 3 rings (SSSR count). The topological polar surface area (TPSA) is 71.2 Å². The molecule has 25 heavy (non-hydrogen) atoms. The molecule has 1 fully saturated rings. The van der Waals surface area contributed by atoms with Gasteiger partial charge in [-0.15, -0.1) is 0 Å². The van der Waals surface area contributed by atoms with Crippen LogP contribution in [0.5, 0.6) is 0 Å². The van der Waals surface area contributed by atoms with Crippen molar-refractivity contribution in [2.75, 3.05) is 17.3 Å². The van der Waals surface area contributed by atoms with E-state index in [4.69, 9.17) is 5.73 Å². The Balaban J connectivity index is 1.62. The first-order chi connectivity index (χ1) is 12.1. The number of benzene rings is 1. The molecule has 3 N–H and O–H groups in total. The molecular weight excluding hydrogens is 312 g/mol. The van der Waals surface area contributed by atoms with E-state index in [1.54, 1.807) is 12.3 Å². The molecule has 0 unspecified atom stereocenters. The maximum absolute atomic E-state index is 11.4. The number of rotatable bonds is 6. The molecule has 1 aliphatic rings. The van der Waals surface area contributed by atoms with Crippen LogP contribution in [0.4, 0.5) is 11.4 Å². The molecule has 132 valence electrons. The molecule has 1 heterocycles. The number of carbonyl (C=O) groups is 1. The zero-order valence-electron chi connectivity index (χ0n) is 14.7. The molecule has 1 amide bonds. The number of anilines is 2. The zero-order chi connectivity index (χ0) is 17.6. The number of nitrogens with two attached hydrogens (primary N) is 1. The Bertz CT molecular complexity index is 708. The van der Waals surface area contributed by atoms with Gasteiger partial charge in [0.1, 0.15) is 0 Å². The molecular formula is C20H26N4O. The summed E-state index contributed by atoms with van der Waals surface area (Å²) in [6.45, 7) is 0.637. The van der Waals surface area contributed by atoms with Crippen LogP contribution in [0.2, 0.25) is 0 Å². The first-order valence-corrected chi connectivity index (χ1v) is 8.94. The molecule has 1 saturated carbocycles. The van der Waals surface area contributed by atoms with Gasteiger partial charge in [-0.05, 0) is 36.6 Å². The third kappa shape index (κ3) is 4.29.